The Hall–Kier alpha value is -2.63. The van der Waals surface area contributed by atoms with E-state index in [4.69, 9.17) is 28.6 Å². The number of esters is 1. The number of methoxy groups -OCH3 is 1. The molecule has 4 rings (SSSR count). The Morgan fingerprint density at radius 1 is 1.31 bits per heavy atom. The third kappa shape index (κ3) is 5.96. The van der Waals surface area contributed by atoms with E-state index < -0.39 is 17.8 Å². The number of thiocarbonyl (C=S) groups is 1. The van der Waals surface area contributed by atoms with Crippen LogP contribution in [0.2, 0.25) is 5.02 Å². The molecular weight excluding hydrogens is 521 g/mol. The number of hydrogen-bond acceptors (Lipinski definition) is 5. The van der Waals surface area contributed by atoms with Gasteiger partial charge in [0.25, 0.3) is 0 Å². The maximum absolute atomic E-state index is 13.2. The molecule has 2 N–H and O–H groups in total. The number of alkyl halides is 3. The van der Waals surface area contributed by atoms with Gasteiger partial charge in [-0.3, -0.25) is 4.68 Å². The topological polar surface area (TPSA) is 68.2 Å². The fourth-order valence-electron chi connectivity index (χ4n) is 3.62. The molecule has 2 heterocycles. The molecule has 1 aliphatic carbocycles. The van der Waals surface area contributed by atoms with Crippen LogP contribution in [0.15, 0.2) is 36.4 Å². The molecule has 1 aromatic carbocycles. The molecule has 0 saturated heterocycles. The van der Waals surface area contributed by atoms with Crippen LogP contribution in [0.4, 0.5) is 18.2 Å². The number of anilines is 1. The Morgan fingerprint density at radius 2 is 2.03 bits per heavy atom. The molecule has 0 unspecified atom stereocenters. The van der Waals surface area contributed by atoms with Crippen LogP contribution in [-0.4, -0.2) is 34.5 Å². The fourth-order valence-corrected chi connectivity index (χ4v) is 5.34. The van der Waals surface area contributed by atoms with Gasteiger partial charge >= 0.3 is 12.1 Å². The first kappa shape index (κ1) is 25.5. The Balaban J connectivity index is 1.37. The highest BCUT2D eigenvalue weighted by Gasteiger charge is 2.41. The van der Waals surface area contributed by atoms with Crippen LogP contribution in [-0.2, 0) is 17.5 Å². The van der Waals surface area contributed by atoms with Gasteiger partial charge in [-0.15, -0.1) is 11.3 Å². The van der Waals surface area contributed by atoms with Crippen LogP contribution in [0, 0.1) is 0 Å². The molecule has 1 aliphatic rings. The first-order valence-corrected chi connectivity index (χ1v) is 12.4. The molecule has 1 saturated carbocycles. The molecule has 0 spiro atoms. The van der Waals surface area contributed by atoms with Crippen LogP contribution >= 0.6 is 35.2 Å². The molecule has 0 amide bonds. The van der Waals surface area contributed by atoms with E-state index >= 15 is 0 Å². The van der Waals surface area contributed by atoms with Gasteiger partial charge in [0.05, 0.1) is 23.4 Å². The number of nitrogens with one attached hydrogen (secondary N) is 2. The van der Waals surface area contributed by atoms with Gasteiger partial charge in [-0.25, -0.2) is 4.79 Å². The highest BCUT2D eigenvalue weighted by atomic mass is 35.5. The van der Waals surface area contributed by atoms with Crippen molar-refractivity contribution >= 4 is 51.2 Å². The van der Waals surface area contributed by atoms with Crippen molar-refractivity contribution < 1.29 is 22.7 Å². The number of benzene rings is 1. The highest BCUT2D eigenvalue weighted by Crippen LogP contribution is 2.47. The molecule has 186 valence electrons. The van der Waals surface area contributed by atoms with Gasteiger partial charge in [0.15, 0.2) is 10.8 Å². The van der Waals surface area contributed by atoms with Crippen molar-refractivity contribution in [3.05, 3.63) is 58.4 Å². The zero-order chi connectivity index (χ0) is 25.2. The number of hydrogen-bond donors (Lipinski definition) is 2. The number of carbonyl (C=O) groups excluding carboxylic acids is 1. The summed E-state index contributed by atoms with van der Waals surface area (Å²) in [5.41, 5.74) is 0.737. The van der Waals surface area contributed by atoms with Crippen LogP contribution in [0.1, 0.15) is 46.9 Å². The van der Waals surface area contributed by atoms with E-state index in [-0.39, 0.29) is 22.6 Å². The van der Waals surface area contributed by atoms with Crippen molar-refractivity contribution in [3.63, 3.8) is 0 Å². The van der Waals surface area contributed by atoms with Gasteiger partial charge in [0, 0.05) is 23.9 Å². The van der Waals surface area contributed by atoms with Crippen molar-refractivity contribution in [1.29, 1.82) is 0 Å². The number of carbonyl (C=O) groups is 1. The lowest BCUT2D eigenvalue weighted by Gasteiger charge is -2.11. The Labute approximate surface area is 214 Å². The monoisotopic (exact) mass is 542 g/mol. The summed E-state index contributed by atoms with van der Waals surface area (Å²) >= 11 is 12.7. The Kier molecular flexibility index (Phi) is 7.67. The molecule has 35 heavy (non-hydrogen) atoms. The summed E-state index contributed by atoms with van der Waals surface area (Å²) in [6, 6.07) is 11.3. The van der Waals surface area contributed by atoms with E-state index in [1.54, 1.807) is 6.07 Å². The fraction of sp³-hybridized carbons (Fsp3) is 0.348. The normalized spacial score (nSPS) is 13.5. The largest absolute Gasteiger partial charge is 0.465 e. The molecule has 0 bridgehead atoms. The summed E-state index contributed by atoms with van der Waals surface area (Å²) in [6.45, 7) is 0.654. The molecular formula is C23H22ClF3N4O2S2. The highest BCUT2D eigenvalue weighted by molar-refractivity contribution is 7.80. The maximum Gasteiger partial charge on any atom is 0.436 e. The lowest BCUT2D eigenvalue weighted by molar-refractivity contribution is -0.141. The van der Waals surface area contributed by atoms with Crippen LogP contribution in [0.3, 0.4) is 0 Å². The van der Waals surface area contributed by atoms with E-state index in [0.717, 1.165) is 23.3 Å². The van der Waals surface area contributed by atoms with E-state index in [1.165, 1.54) is 23.1 Å². The van der Waals surface area contributed by atoms with Gasteiger partial charge in [0.1, 0.15) is 5.00 Å². The number of aryl methyl sites for hydroxylation is 1. The zero-order valence-electron chi connectivity index (χ0n) is 18.6. The predicted molar refractivity (Wildman–Crippen MR) is 134 cm³/mol. The number of ether oxygens (including phenoxy) is 1. The molecule has 2 aromatic heterocycles. The van der Waals surface area contributed by atoms with E-state index in [2.05, 4.69) is 15.7 Å². The summed E-state index contributed by atoms with van der Waals surface area (Å²) in [6.07, 6.45) is -2.50. The number of halogens is 4. The third-order valence-electron chi connectivity index (χ3n) is 5.42. The molecule has 0 aliphatic heterocycles. The molecule has 12 heteroatoms. The van der Waals surface area contributed by atoms with Crippen LogP contribution < -0.4 is 10.6 Å². The maximum atomic E-state index is 13.2. The SMILES string of the molecule is COC(=O)c1cc(-c2ccccc2)sc1NC(=S)NCCCn1nc(C(F)(F)F)c(Cl)c1C1CC1. The van der Waals surface area contributed by atoms with Crippen molar-refractivity contribution in [2.75, 3.05) is 19.0 Å². The number of rotatable bonds is 8. The summed E-state index contributed by atoms with van der Waals surface area (Å²) in [7, 11) is 1.31. The van der Waals surface area contributed by atoms with E-state index in [0.29, 0.717) is 29.2 Å². The molecule has 1 fully saturated rings. The number of nitrogens with zero attached hydrogens (tertiary/aromatic N) is 2. The van der Waals surface area contributed by atoms with Crippen molar-refractivity contribution in [2.24, 2.45) is 0 Å². The van der Waals surface area contributed by atoms with E-state index in [9.17, 15) is 18.0 Å². The van der Waals surface area contributed by atoms with Crippen LogP contribution in [0.25, 0.3) is 10.4 Å². The summed E-state index contributed by atoms with van der Waals surface area (Å²) in [4.78, 5) is 13.1. The van der Waals surface area contributed by atoms with E-state index in [1.807, 2.05) is 30.3 Å². The van der Waals surface area contributed by atoms with Gasteiger partial charge in [0.2, 0.25) is 0 Å². The summed E-state index contributed by atoms with van der Waals surface area (Å²) in [5.74, 6) is -0.464. The minimum Gasteiger partial charge on any atom is -0.465 e. The smallest absolute Gasteiger partial charge is 0.436 e. The summed E-state index contributed by atoms with van der Waals surface area (Å²) in [5, 5.41) is 10.3. The average molecular weight is 543 g/mol. The first-order chi connectivity index (χ1) is 16.7. The molecule has 0 atom stereocenters. The van der Waals surface area contributed by atoms with Gasteiger partial charge in [-0.1, -0.05) is 41.9 Å². The van der Waals surface area contributed by atoms with Gasteiger partial charge < -0.3 is 15.4 Å². The Bertz CT molecular complexity index is 1220. The minimum absolute atomic E-state index is 0.0242. The predicted octanol–water partition coefficient (Wildman–Crippen LogP) is 6.32. The second-order valence-corrected chi connectivity index (χ2v) is 9.83. The van der Waals surface area contributed by atoms with Crippen LogP contribution in [0.5, 0.6) is 0 Å². The standard InChI is InChI=1S/C23H22ClF3N4O2S2/c1-33-21(32)15-12-16(13-6-3-2-4-7-13)35-20(15)29-22(34)28-10-5-11-31-18(14-8-9-14)17(24)19(30-31)23(25,26)27/h2-4,6-7,12,14H,5,8-11H2,1H3,(H2,28,29,34). The lowest BCUT2D eigenvalue weighted by atomic mass is 10.1. The van der Waals surface area contributed by atoms with Crippen molar-refractivity contribution in [1.82, 2.24) is 15.1 Å². The number of thiophene rings is 1. The second-order valence-electron chi connectivity index (χ2n) is 7.99. The van der Waals surface area contributed by atoms with Crippen molar-refractivity contribution in [3.8, 4) is 10.4 Å². The molecule has 0 radical (unpaired) electrons. The third-order valence-corrected chi connectivity index (χ3v) is 7.14. The second kappa shape index (κ2) is 10.5. The molecule has 6 nitrogen and oxygen atoms in total. The average Bonchev–Trinajstić information content (AvgIpc) is 3.48. The van der Waals surface area contributed by atoms with Crippen molar-refractivity contribution in [2.45, 2.75) is 37.9 Å². The minimum atomic E-state index is -4.59. The summed E-state index contributed by atoms with van der Waals surface area (Å²) < 4.78 is 45.9. The first-order valence-electron chi connectivity index (χ1n) is 10.8. The van der Waals surface area contributed by atoms with Gasteiger partial charge in [-0.2, -0.15) is 18.3 Å². The Morgan fingerprint density at radius 3 is 2.66 bits per heavy atom. The van der Waals surface area contributed by atoms with Gasteiger partial charge in [-0.05, 0) is 43.1 Å². The quantitative estimate of drug-likeness (QED) is 0.197. The number of aromatic nitrogens is 2. The lowest BCUT2D eigenvalue weighted by Crippen LogP contribution is -2.30. The zero-order valence-corrected chi connectivity index (χ0v) is 21.0. The molecule has 3 aromatic rings.